The summed E-state index contributed by atoms with van der Waals surface area (Å²) < 4.78 is 48.1. The SMILES string of the molecule is Cc1cc(C)cc(N2C[C@]34C=C[C@H](O3)[C@H](C(=O)n3nc(N)c5c(C(F)(F)F)cc(C)nc53)[C@@H]4C2=O)c1. The van der Waals surface area contributed by atoms with E-state index in [-0.39, 0.29) is 23.8 Å². The Morgan fingerprint density at radius 3 is 2.53 bits per heavy atom. The monoisotopic (exact) mass is 497 g/mol. The first kappa shape index (κ1) is 22.7. The van der Waals surface area contributed by atoms with E-state index in [2.05, 4.69) is 10.1 Å². The van der Waals surface area contributed by atoms with Crippen LogP contribution < -0.4 is 10.6 Å². The van der Waals surface area contributed by atoms with Crippen LogP contribution in [0.2, 0.25) is 0 Å². The molecule has 0 radical (unpaired) electrons. The van der Waals surface area contributed by atoms with Crippen molar-refractivity contribution in [2.45, 2.75) is 38.7 Å². The van der Waals surface area contributed by atoms with E-state index in [4.69, 9.17) is 10.5 Å². The molecule has 36 heavy (non-hydrogen) atoms. The van der Waals surface area contributed by atoms with Crippen LogP contribution in [0.4, 0.5) is 24.7 Å². The molecule has 2 saturated heterocycles. The van der Waals surface area contributed by atoms with Crippen molar-refractivity contribution in [2.75, 3.05) is 17.2 Å². The number of benzene rings is 1. The number of halogens is 3. The minimum Gasteiger partial charge on any atom is -0.382 e. The van der Waals surface area contributed by atoms with Crippen molar-refractivity contribution in [2.24, 2.45) is 11.8 Å². The predicted octanol–water partition coefficient (Wildman–Crippen LogP) is 3.58. The van der Waals surface area contributed by atoms with Crippen molar-refractivity contribution in [3.8, 4) is 0 Å². The molecule has 2 N–H and O–H groups in total. The van der Waals surface area contributed by atoms with Gasteiger partial charge in [0.1, 0.15) is 5.60 Å². The Kier molecular flexibility index (Phi) is 4.52. The zero-order valence-electron chi connectivity index (χ0n) is 19.6. The minimum atomic E-state index is -4.72. The highest BCUT2D eigenvalue weighted by Crippen LogP contribution is 2.53. The molecule has 186 valence electrons. The highest BCUT2D eigenvalue weighted by molar-refractivity contribution is 6.05. The number of nitrogen functional groups attached to an aromatic ring is 1. The summed E-state index contributed by atoms with van der Waals surface area (Å²) in [7, 11) is 0. The smallest absolute Gasteiger partial charge is 0.382 e. The fourth-order valence-corrected chi connectivity index (χ4v) is 5.89. The number of nitrogens with two attached hydrogens (primary N) is 1. The molecule has 5 heterocycles. The number of carbonyl (C=O) groups is 2. The first-order valence-electron chi connectivity index (χ1n) is 11.4. The van der Waals surface area contributed by atoms with Crippen LogP contribution in [0.1, 0.15) is 27.2 Å². The van der Waals surface area contributed by atoms with Gasteiger partial charge in [0.2, 0.25) is 5.91 Å². The lowest BCUT2D eigenvalue weighted by atomic mass is 9.77. The Labute approximate surface area is 203 Å². The molecule has 1 amide bonds. The van der Waals surface area contributed by atoms with E-state index in [1.54, 1.807) is 11.0 Å². The van der Waals surface area contributed by atoms with Gasteiger partial charge in [-0.2, -0.15) is 17.9 Å². The highest BCUT2D eigenvalue weighted by Gasteiger charge is 2.67. The van der Waals surface area contributed by atoms with Crippen molar-refractivity contribution in [3.05, 3.63) is 58.8 Å². The van der Waals surface area contributed by atoms with Crippen LogP contribution >= 0.6 is 0 Å². The van der Waals surface area contributed by atoms with Gasteiger partial charge in [-0.3, -0.25) is 9.59 Å². The van der Waals surface area contributed by atoms with Gasteiger partial charge in [0, 0.05) is 11.4 Å². The Hall–Kier alpha value is -3.73. The summed E-state index contributed by atoms with van der Waals surface area (Å²) >= 11 is 0. The third-order valence-corrected chi connectivity index (χ3v) is 7.21. The number of carbonyl (C=O) groups excluding carboxylic acids is 2. The van der Waals surface area contributed by atoms with E-state index in [9.17, 15) is 22.8 Å². The summed E-state index contributed by atoms with van der Waals surface area (Å²) in [4.78, 5) is 33.3. The lowest BCUT2D eigenvalue weighted by Crippen LogP contribution is -2.41. The van der Waals surface area contributed by atoms with Gasteiger partial charge in [-0.1, -0.05) is 18.2 Å². The molecule has 0 saturated carbocycles. The largest absolute Gasteiger partial charge is 0.417 e. The Morgan fingerprint density at radius 2 is 1.86 bits per heavy atom. The Morgan fingerprint density at radius 1 is 1.17 bits per heavy atom. The van der Waals surface area contributed by atoms with Crippen LogP contribution in [-0.4, -0.2) is 44.8 Å². The average Bonchev–Trinajstić information content (AvgIpc) is 3.50. The second-order valence-corrected chi connectivity index (χ2v) is 9.81. The summed E-state index contributed by atoms with van der Waals surface area (Å²) in [6.07, 6.45) is -1.88. The van der Waals surface area contributed by atoms with Gasteiger partial charge in [0.05, 0.1) is 35.4 Å². The number of pyridine rings is 1. The molecular weight excluding hydrogens is 475 g/mol. The second kappa shape index (κ2) is 7.16. The minimum absolute atomic E-state index is 0.0577. The molecule has 1 aromatic carbocycles. The number of fused-ring (bicyclic) bond motifs is 2. The fourth-order valence-electron chi connectivity index (χ4n) is 5.89. The average molecular weight is 497 g/mol. The van der Waals surface area contributed by atoms with E-state index in [0.29, 0.717) is 5.69 Å². The van der Waals surface area contributed by atoms with E-state index >= 15 is 0 Å². The topological polar surface area (TPSA) is 103 Å². The van der Waals surface area contributed by atoms with Crippen molar-refractivity contribution in [1.29, 1.82) is 0 Å². The van der Waals surface area contributed by atoms with Crippen LogP contribution in [0.15, 0.2) is 36.4 Å². The van der Waals surface area contributed by atoms with Crippen LogP contribution in [0.3, 0.4) is 0 Å². The van der Waals surface area contributed by atoms with Crippen LogP contribution in [0.25, 0.3) is 11.0 Å². The maximum atomic E-state index is 13.8. The van der Waals surface area contributed by atoms with Gasteiger partial charge in [0.15, 0.2) is 11.5 Å². The number of anilines is 2. The molecule has 6 rings (SSSR count). The number of ether oxygens (including phenoxy) is 1. The zero-order chi connectivity index (χ0) is 25.7. The van der Waals surface area contributed by atoms with Crippen molar-refractivity contribution < 1.29 is 27.5 Å². The zero-order valence-corrected chi connectivity index (χ0v) is 19.6. The fraction of sp³-hybridized carbons (Fsp3) is 0.360. The summed E-state index contributed by atoms with van der Waals surface area (Å²) in [6.45, 7) is 5.49. The molecule has 2 aromatic heterocycles. The number of hydrogen-bond acceptors (Lipinski definition) is 6. The standard InChI is InChI=1S/C25H22F3N5O3/c1-11-6-12(2)8-14(7-11)32-10-24-5-4-16(36-24)18(19(24)23(32)35)22(34)33-21-17(20(29)31-33)15(25(26,27)28)9-13(3)30-21/h4-9,16,18-19H,10H2,1-3H3,(H2,29,31)/t16-,18-,19+,24-/m0/s1. The summed E-state index contributed by atoms with van der Waals surface area (Å²) in [5.41, 5.74) is 6.28. The van der Waals surface area contributed by atoms with Crippen molar-refractivity contribution >= 4 is 34.4 Å². The Bertz CT molecular complexity index is 1490. The van der Waals surface area contributed by atoms with Crippen LogP contribution in [0, 0.1) is 32.6 Å². The molecular formula is C25H22F3N5O3. The van der Waals surface area contributed by atoms with E-state index < -0.39 is 52.4 Å². The van der Waals surface area contributed by atoms with E-state index in [1.807, 2.05) is 38.1 Å². The van der Waals surface area contributed by atoms with E-state index in [1.165, 1.54) is 6.92 Å². The van der Waals surface area contributed by atoms with Crippen LogP contribution in [0.5, 0.6) is 0 Å². The quantitative estimate of drug-likeness (QED) is 0.543. The molecule has 0 aliphatic carbocycles. The molecule has 1 spiro atoms. The lowest BCUT2D eigenvalue weighted by molar-refractivity contribution is -0.136. The molecule has 3 aliphatic heterocycles. The lowest BCUT2D eigenvalue weighted by Gasteiger charge is -2.23. The Balaban J connectivity index is 1.44. The molecule has 2 bridgehead atoms. The van der Waals surface area contributed by atoms with Gasteiger partial charge in [-0.25, -0.2) is 4.98 Å². The molecule has 8 nitrogen and oxygen atoms in total. The molecule has 0 unspecified atom stereocenters. The maximum Gasteiger partial charge on any atom is 0.417 e. The number of rotatable bonds is 2. The molecule has 3 aromatic rings. The molecule has 3 aliphatic rings. The number of alkyl halides is 3. The van der Waals surface area contributed by atoms with Crippen molar-refractivity contribution in [1.82, 2.24) is 14.8 Å². The van der Waals surface area contributed by atoms with Gasteiger partial charge < -0.3 is 15.4 Å². The number of aryl methyl sites for hydroxylation is 3. The van der Waals surface area contributed by atoms with E-state index in [0.717, 1.165) is 21.9 Å². The second-order valence-electron chi connectivity index (χ2n) is 9.81. The molecule has 11 heteroatoms. The number of aromatic nitrogens is 3. The van der Waals surface area contributed by atoms with Gasteiger partial charge in [-0.15, -0.1) is 5.10 Å². The summed E-state index contributed by atoms with van der Waals surface area (Å²) in [5, 5.41) is 3.51. The first-order valence-corrected chi connectivity index (χ1v) is 11.4. The van der Waals surface area contributed by atoms with Crippen LogP contribution in [-0.2, 0) is 15.7 Å². The van der Waals surface area contributed by atoms with Gasteiger partial charge in [-0.05, 0) is 50.1 Å². The van der Waals surface area contributed by atoms with Crippen molar-refractivity contribution in [3.63, 3.8) is 0 Å². The summed E-state index contributed by atoms with van der Waals surface area (Å²) in [6, 6.07) is 6.65. The molecule has 4 atom stereocenters. The number of amides is 1. The third-order valence-electron chi connectivity index (χ3n) is 7.21. The number of nitrogens with zero attached hydrogens (tertiary/aromatic N) is 4. The predicted molar refractivity (Wildman–Crippen MR) is 124 cm³/mol. The van der Waals surface area contributed by atoms with Gasteiger partial charge >= 0.3 is 6.18 Å². The highest BCUT2D eigenvalue weighted by atomic mass is 19.4. The first-order chi connectivity index (χ1) is 16.9. The number of hydrogen-bond donors (Lipinski definition) is 1. The summed E-state index contributed by atoms with van der Waals surface area (Å²) in [5.74, 6) is -3.26. The normalized spacial score (nSPS) is 26.9. The third kappa shape index (κ3) is 3.05. The molecule has 2 fully saturated rings. The van der Waals surface area contributed by atoms with Gasteiger partial charge in [0.25, 0.3) is 5.91 Å². The maximum absolute atomic E-state index is 13.8.